The van der Waals surface area contributed by atoms with Gasteiger partial charge in [-0.15, -0.1) is 0 Å². The molecule has 6 heteroatoms. The predicted octanol–water partition coefficient (Wildman–Crippen LogP) is 2.48. The first-order valence-electron chi connectivity index (χ1n) is 6.24. The number of methoxy groups -OCH3 is 1. The third-order valence-electron chi connectivity index (χ3n) is 2.96. The molecule has 0 saturated heterocycles. The number of carbonyl (C=O) groups is 1. The summed E-state index contributed by atoms with van der Waals surface area (Å²) < 4.78 is 23.6. The number of hydrogen-bond donors (Lipinski definition) is 1. The highest BCUT2D eigenvalue weighted by Gasteiger charge is 2.13. The molecule has 0 bridgehead atoms. The third kappa shape index (κ3) is 3.47. The van der Waals surface area contributed by atoms with Crippen LogP contribution in [0.15, 0.2) is 30.3 Å². The highest BCUT2D eigenvalue weighted by Crippen LogP contribution is 2.18. The van der Waals surface area contributed by atoms with Gasteiger partial charge in [0.2, 0.25) is 5.88 Å². The summed E-state index contributed by atoms with van der Waals surface area (Å²) in [4.78, 5) is 16.0. The topological polar surface area (TPSA) is 74.4 Å². The van der Waals surface area contributed by atoms with Crippen molar-refractivity contribution < 1.29 is 18.7 Å². The molecule has 21 heavy (non-hydrogen) atoms. The second-order valence-electron chi connectivity index (χ2n) is 4.42. The van der Waals surface area contributed by atoms with Crippen molar-refractivity contribution >= 4 is 11.7 Å². The number of anilines is 1. The van der Waals surface area contributed by atoms with Crippen LogP contribution in [-0.4, -0.2) is 18.1 Å². The lowest BCUT2D eigenvalue weighted by atomic mass is 10.1. The Hall–Kier alpha value is -2.63. The van der Waals surface area contributed by atoms with E-state index in [-0.39, 0.29) is 17.9 Å². The zero-order valence-electron chi connectivity index (χ0n) is 11.7. The van der Waals surface area contributed by atoms with Gasteiger partial charge in [-0.1, -0.05) is 6.07 Å². The maximum Gasteiger partial charge on any atom is 0.338 e. The normalized spacial score (nSPS) is 10.2. The van der Waals surface area contributed by atoms with Crippen LogP contribution < -0.4 is 10.5 Å². The summed E-state index contributed by atoms with van der Waals surface area (Å²) in [6.45, 7) is 1.51. The molecule has 0 atom stereocenters. The van der Waals surface area contributed by atoms with Gasteiger partial charge in [-0.3, -0.25) is 0 Å². The molecule has 2 N–H and O–H groups in total. The molecule has 0 spiro atoms. The number of halogens is 1. The molecule has 2 rings (SSSR count). The number of nitrogens with zero attached hydrogens (tertiary/aromatic N) is 1. The Bertz CT molecular complexity index is 651. The zero-order valence-corrected chi connectivity index (χ0v) is 11.7. The van der Waals surface area contributed by atoms with Gasteiger partial charge in [-0.2, -0.15) is 0 Å². The van der Waals surface area contributed by atoms with Crippen LogP contribution in [0.3, 0.4) is 0 Å². The van der Waals surface area contributed by atoms with Crippen LogP contribution in [0.5, 0.6) is 5.88 Å². The second kappa shape index (κ2) is 6.21. The van der Waals surface area contributed by atoms with Gasteiger partial charge in [0.15, 0.2) is 0 Å². The summed E-state index contributed by atoms with van der Waals surface area (Å²) in [6, 6.07) is 7.60. The van der Waals surface area contributed by atoms with Gasteiger partial charge < -0.3 is 15.2 Å². The molecule has 1 heterocycles. The fourth-order valence-corrected chi connectivity index (χ4v) is 1.69. The van der Waals surface area contributed by atoms with Crippen LogP contribution in [0.2, 0.25) is 0 Å². The van der Waals surface area contributed by atoms with E-state index in [1.54, 1.807) is 25.1 Å². The van der Waals surface area contributed by atoms with Crippen LogP contribution in [0.1, 0.15) is 21.6 Å². The van der Waals surface area contributed by atoms with Gasteiger partial charge in [0.25, 0.3) is 0 Å². The molecule has 0 aliphatic heterocycles. The maximum atomic E-state index is 13.5. The highest BCUT2D eigenvalue weighted by molar-refractivity contribution is 5.90. The Morgan fingerprint density at radius 3 is 2.81 bits per heavy atom. The van der Waals surface area contributed by atoms with Crippen molar-refractivity contribution in [1.29, 1.82) is 0 Å². The van der Waals surface area contributed by atoms with Gasteiger partial charge in [0.1, 0.15) is 12.4 Å². The SMILES string of the molecule is COc1cccc(COC(=O)c2cc(N)c(C)c(F)c2)n1. The summed E-state index contributed by atoms with van der Waals surface area (Å²) >= 11 is 0. The summed E-state index contributed by atoms with van der Waals surface area (Å²) in [5, 5.41) is 0. The van der Waals surface area contributed by atoms with Crippen molar-refractivity contribution in [2.75, 3.05) is 12.8 Å². The molecule has 0 radical (unpaired) electrons. The predicted molar refractivity (Wildman–Crippen MR) is 75.5 cm³/mol. The number of pyridine rings is 1. The summed E-state index contributed by atoms with van der Waals surface area (Å²) in [6.07, 6.45) is 0. The van der Waals surface area contributed by atoms with E-state index in [1.165, 1.54) is 13.2 Å². The lowest BCUT2D eigenvalue weighted by Crippen LogP contribution is -2.08. The molecular weight excluding hydrogens is 275 g/mol. The van der Waals surface area contributed by atoms with Crippen molar-refractivity contribution in [3.8, 4) is 5.88 Å². The fourth-order valence-electron chi connectivity index (χ4n) is 1.69. The van der Waals surface area contributed by atoms with Gasteiger partial charge >= 0.3 is 5.97 Å². The van der Waals surface area contributed by atoms with Gasteiger partial charge in [-0.05, 0) is 25.1 Å². The van der Waals surface area contributed by atoms with E-state index in [9.17, 15) is 9.18 Å². The van der Waals surface area contributed by atoms with E-state index in [0.29, 0.717) is 17.1 Å². The van der Waals surface area contributed by atoms with Crippen molar-refractivity contribution in [3.05, 3.63) is 53.0 Å². The molecule has 110 valence electrons. The number of esters is 1. The number of aromatic nitrogens is 1. The van der Waals surface area contributed by atoms with Gasteiger partial charge in [0.05, 0.1) is 18.4 Å². The first kappa shape index (κ1) is 14.8. The molecule has 0 unspecified atom stereocenters. The van der Waals surface area contributed by atoms with Crippen LogP contribution in [0, 0.1) is 12.7 Å². The molecule has 2 aromatic rings. The average Bonchev–Trinajstić information content (AvgIpc) is 2.50. The van der Waals surface area contributed by atoms with Crippen molar-refractivity contribution in [2.45, 2.75) is 13.5 Å². The number of hydrogen-bond acceptors (Lipinski definition) is 5. The molecule has 0 amide bonds. The number of rotatable bonds is 4. The van der Waals surface area contributed by atoms with Gasteiger partial charge in [0, 0.05) is 17.3 Å². The minimum Gasteiger partial charge on any atom is -0.481 e. The Labute approximate surface area is 121 Å². The molecule has 0 aliphatic rings. The van der Waals surface area contributed by atoms with E-state index in [0.717, 1.165) is 6.07 Å². The van der Waals surface area contributed by atoms with Crippen molar-refractivity contribution in [3.63, 3.8) is 0 Å². The molecular formula is C15H15FN2O3. The molecule has 0 saturated carbocycles. The Morgan fingerprint density at radius 1 is 1.38 bits per heavy atom. The first-order valence-corrected chi connectivity index (χ1v) is 6.24. The lowest BCUT2D eigenvalue weighted by molar-refractivity contribution is 0.0466. The Balaban J connectivity index is 2.08. The minimum absolute atomic E-state index is 0.0363. The maximum absolute atomic E-state index is 13.5. The lowest BCUT2D eigenvalue weighted by Gasteiger charge is -2.08. The fraction of sp³-hybridized carbons (Fsp3) is 0.200. The first-order chi connectivity index (χ1) is 10.0. The molecule has 0 aliphatic carbocycles. The average molecular weight is 290 g/mol. The summed E-state index contributed by atoms with van der Waals surface area (Å²) in [5.74, 6) is -0.777. The van der Waals surface area contributed by atoms with Gasteiger partial charge in [-0.25, -0.2) is 14.2 Å². The van der Waals surface area contributed by atoms with Crippen molar-refractivity contribution in [2.24, 2.45) is 0 Å². The number of carbonyl (C=O) groups excluding carboxylic acids is 1. The number of nitrogens with two attached hydrogens (primary N) is 1. The smallest absolute Gasteiger partial charge is 0.338 e. The van der Waals surface area contributed by atoms with Crippen LogP contribution in [0.4, 0.5) is 10.1 Å². The quantitative estimate of drug-likeness (QED) is 0.691. The van der Waals surface area contributed by atoms with Crippen molar-refractivity contribution in [1.82, 2.24) is 4.98 Å². The van der Waals surface area contributed by atoms with E-state index < -0.39 is 11.8 Å². The number of nitrogen functional groups attached to an aromatic ring is 1. The standard InChI is InChI=1S/C15H15FN2O3/c1-9-12(16)6-10(7-13(9)17)15(19)21-8-11-4-3-5-14(18-11)20-2/h3-7H,8,17H2,1-2H3. The Morgan fingerprint density at radius 2 is 2.14 bits per heavy atom. The number of benzene rings is 1. The molecule has 0 fully saturated rings. The molecule has 1 aromatic heterocycles. The van der Waals surface area contributed by atoms with Crippen LogP contribution in [-0.2, 0) is 11.3 Å². The molecule has 1 aromatic carbocycles. The highest BCUT2D eigenvalue weighted by atomic mass is 19.1. The van der Waals surface area contributed by atoms with Crippen LogP contribution in [0.25, 0.3) is 0 Å². The van der Waals surface area contributed by atoms with Crippen LogP contribution >= 0.6 is 0 Å². The van der Waals surface area contributed by atoms with E-state index in [4.69, 9.17) is 15.2 Å². The zero-order chi connectivity index (χ0) is 15.4. The number of ether oxygens (including phenoxy) is 2. The second-order valence-corrected chi connectivity index (χ2v) is 4.42. The van der Waals surface area contributed by atoms with E-state index in [1.807, 2.05) is 0 Å². The Kier molecular flexibility index (Phi) is 4.37. The summed E-state index contributed by atoms with van der Waals surface area (Å²) in [5.41, 5.74) is 6.74. The van der Waals surface area contributed by atoms with E-state index >= 15 is 0 Å². The largest absolute Gasteiger partial charge is 0.481 e. The summed E-state index contributed by atoms with van der Waals surface area (Å²) in [7, 11) is 1.50. The van der Waals surface area contributed by atoms with E-state index in [2.05, 4.69) is 4.98 Å². The monoisotopic (exact) mass is 290 g/mol. The third-order valence-corrected chi connectivity index (χ3v) is 2.96. The minimum atomic E-state index is -0.662. The molecule has 5 nitrogen and oxygen atoms in total.